The molecule has 0 fully saturated rings. The van der Waals surface area contributed by atoms with Crippen LogP contribution in [0.25, 0.3) is 0 Å². The van der Waals surface area contributed by atoms with E-state index in [2.05, 4.69) is 0 Å². The highest BCUT2D eigenvalue weighted by atomic mass is 19.1. The molecule has 0 bridgehead atoms. The van der Waals surface area contributed by atoms with E-state index in [4.69, 9.17) is 0 Å². The molecule has 0 aliphatic heterocycles. The van der Waals surface area contributed by atoms with Crippen molar-refractivity contribution in [1.29, 1.82) is 0 Å². The Morgan fingerprint density at radius 1 is 1.42 bits per heavy atom. The molecule has 0 aromatic heterocycles. The van der Waals surface area contributed by atoms with E-state index in [0.29, 0.717) is 12.0 Å². The third kappa shape index (κ3) is 2.16. The third-order valence-corrected chi connectivity index (χ3v) is 1.74. The van der Waals surface area contributed by atoms with Crippen molar-refractivity contribution in [1.82, 2.24) is 0 Å². The molecule has 0 aliphatic carbocycles. The van der Waals surface area contributed by atoms with Crippen LogP contribution >= 0.6 is 0 Å². The van der Waals surface area contributed by atoms with Crippen molar-refractivity contribution in [2.75, 3.05) is 0 Å². The monoisotopic (exact) mass is 166 g/mol. The van der Waals surface area contributed by atoms with Crippen LogP contribution in [-0.2, 0) is 11.2 Å². The van der Waals surface area contributed by atoms with E-state index in [9.17, 15) is 9.18 Å². The quantitative estimate of drug-likeness (QED) is 0.673. The highest BCUT2D eigenvalue weighted by molar-refractivity contribution is 5.80. The Labute approximate surface area is 71.2 Å². The normalized spacial score (nSPS) is 9.83. The van der Waals surface area contributed by atoms with Crippen molar-refractivity contribution < 1.29 is 9.18 Å². The first kappa shape index (κ1) is 8.91. The Morgan fingerprint density at radius 2 is 2.08 bits per heavy atom. The summed E-state index contributed by atoms with van der Waals surface area (Å²) in [5.41, 5.74) is 0.490. The molecule has 0 N–H and O–H groups in total. The van der Waals surface area contributed by atoms with E-state index in [0.717, 1.165) is 0 Å². The highest BCUT2D eigenvalue weighted by Gasteiger charge is 2.04. The number of rotatable bonds is 3. The number of halogens is 1. The third-order valence-electron chi connectivity index (χ3n) is 1.74. The fraction of sp³-hybridized carbons (Fsp3) is 0.300. The molecule has 0 saturated carbocycles. The topological polar surface area (TPSA) is 17.1 Å². The first-order valence-electron chi connectivity index (χ1n) is 3.99. The Bertz CT molecular complexity index is 281. The van der Waals surface area contributed by atoms with Gasteiger partial charge < -0.3 is 0 Å². The number of ketones is 1. The van der Waals surface area contributed by atoms with Gasteiger partial charge in [-0.15, -0.1) is 0 Å². The number of hydrogen-bond donors (Lipinski definition) is 0. The maximum absolute atomic E-state index is 12.9. The summed E-state index contributed by atoms with van der Waals surface area (Å²) in [5.74, 6) is -0.223. The summed E-state index contributed by atoms with van der Waals surface area (Å²) in [6.07, 6.45) is 0.678. The summed E-state index contributed by atoms with van der Waals surface area (Å²) in [5, 5.41) is 0. The van der Waals surface area contributed by atoms with Crippen molar-refractivity contribution in [3.63, 3.8) is 0 Å². The van der Waals surface area contributed by atoms with Crippen LogP contribution in [0.15, 0.2) is 24.3 Å². The van der Waals surface area contributed by atoms with E-state index in [1.54, 1.807) is 25.1 Å². The molecule has 1 nitrogen and oxygen atoms in total. The molecular formula is C10H11FO. The molecule has 1 aromatic rings. The minimum Gasteiger partial charge on any atom is -0.299 e. The lowest BCUT2D eigenvalue weighted by Crippen LogP contribution is -2.01. The van der Waals surface area contributed by atoms with E-state index in [-0.39, 0.29) is 18.0 Å². The lowest BCUT2D eigenvalue weighted by Gasteiger charge is -1.99. The van der Waals surface area contributed by atoms with Crippen molar-refractivity contribution in [3.8, 4) is 0 Å². The van der Waals surface area contributed by atoms with Crippen molar-refractivity contribution >= 4 is 5.78 Å². The predicted molar refractivity (Wildman–Crippen MR) is 45.4 cm³/mol. The highest BCUT2D eigenvalue weighted by Crippen LogP contribution is 2.07. The maximum Gasteiger partial charge on any atom is 0.137 e. The molecule has 0 spiro atoms. The van der Waals surface area contributed by atoms with Gasteiger partial charge in [0.2, 0.25) is 0 Å². The van der Waals surface area contributed by atoms with Gasteiger partial charge in [0.15, 0.2) is 0 Å². The molecule has 0 heterocycles. The molecule has 0 atom stereocenters. The van der Waals surface area contributed by atoms with Gasteiger partial charge in [0.1, 0.15) is 11.6 Å². The first-order valence-corrected chi connectivity index (χ1v) is 3.99. The van der Waals surface area contributed by atoms with Gasteiger partial charge in [-0.3, -0.25) is 4.79 Å². The number of Topliss-reactive ketones (excluding diaryl/α,β-unsaturated/α-hetero) is 1. The van der Waals surface area contributed by atoms with Crippen LogP contribution in [0.3, 0.4) is 0 Å². The fourth-order valence-corrected chi connectivity index (χ4v) is 0.979. The largest absolute Gasteiger partial charge is 0.299 e. The van der Waals surface area contributed by atoms with Gasteiger partial charge in [-0.1, -0.05) is 25.1 Å². The summed E-state index contributed by atoms with van der Waals surface area (Å²) in [7, 11) is 0. The standard InChI is InChI=1S/C10H11FO/c1-2-9(12)7-8-5-3-4-6-10(8)11/h3-6H,2,7H2,1H3. The molecule has 0 amide bonds. The average molecular weight is 166 g/mol. The second-order valence-electron chi connectivity index (χ2n) is 2.66. The predicted octanol–water partition coefficient (Wildman–Crippen LogP) is 2.35. The lowest BCUT2D eigenvalue weighted by atomic mass is 10.1. The molecular weight excluding hydrogens is 155 g/mol. The number of hydrogen-bond acceptors (Lipinski definition) is 1. The van der Waals surface area contributed by atoms with Crippen molar-refractivity contribution in [2.24, 2.45) is 0 Å². The second kappa shape index (κ2) is 4.00. The fourth-order valence-electron chi connectivity index (χ4n) is 0.979. The Balaban J connectivity index is 2.75. The van der Waals surface area contributed by atoms with E-state index < -0.39 is 0 Å². The Morgan fingerprint density at radius 3 is 2.67 bits per heavy atom. The van der Waals surface area contributed by atoms with E-state index in [1.807, 2.05) is 0 Å². The van der Waals surface area contributed by atoms with Crippen LogP contribution < -0.4 is 0 Å². The van der Waals surface area contributed by atoms with Crippen LogP contribution in [-0.4, -0.2) is 5.78 Å². The minimum absolute atomic E-state index is 0.0695. The molecule has 1 aromatic carbocycles. The van der Waals surface area contributed by atoms with Gasteiger partial charge in [0.05, 0.1) is 0 Å². The zero-order valence-corrected chi connectivity index (χ0v) is 7.01. The summed E-state index contributed by atoms with van der Waals surface area (Å²) in [4.78, 5) is 11.0. The van der Waals surface area contributed by atoms with Gasteiger partial charge in [-0.25, -0.2) is 4.39 Å². The summed E-state index contributed by atoms with van der Waals surface area (Å²) in [6.45, 7) is 1.78. The molecule has 12 heavy (non-hydrogen) atoms. The molecule has 1 rings (SSSR count). The van der Waals surface area contributed by atoms with Crippen molar-refractivity contribution in [3.05, 3.63) is 35.6 Å². The average Bonchev–Trinajstić information content (AvgIpc) is 2.09. The first-order chi connectivity index (χ1) is 5.74. The molecule has 0 saturated heterocycles. The molecule has 2 heteroatoms. The van der Waals surface area contributed by atoms with E-state index >= 15 is 0 Å². The smallest absolute Gasteiger partial charge is 0.137 e. The van der Waals surface area contributed by atoms with Crippen LogP contribution in [0.1, 0.15) is 18.9 Å². The van der Waals surface area contributed by atoms with Gasteiger partial charge in [-0.2, -0.15) is 0 Å². The second-order valence-corrected chi connectivity index (χ2v) is 2.66. The molecule has 64 valence electrons. The number of carbonyl (C=O) groups is 1. The number of benzene rings is 1. The van der Waals surface area contributed by atoms with Crippen LogP contribution in [0.2, 0.25) is 0 Å². The molecule has 0 radical (unpaired) electrons. The van der Waals surface area contributed by atoms with E-state index in [1.165, 1.54) is 6.07 Å². The Kier molecular flexibility index (Phi) is 2.97. The van der Waals surface area contributed by atoms with Crippen LogP contribution in [0.4, 0.5) is 4.39 Å². The number of carbonyl (C=O) groups excluding carboxylic acids is 1. The van der Waals surface area contributed by atoms with Crippen LogP contribution in [0, 0.1) is 5.82 Å². The van der Waals surface area contributed by atoms with Gasteiger partial charge in [0, 0.05) is 12.8 Å². The SMILES string of the molecule is CCC(=O)Cc1ccccc1F. The molecule has 0 unspecified atom stereocenters. The molecule has 0 aliphatic rings. The maximum atomic E-state index is 12.9. The minimum atomic E-state index is -0.292. The summed E-state index contributed by atoms with van der Waals surface area (Å²) in [6, 6.07) is 6.37. The summed E-state index contributed by atoms with van der Waals surface area (Å²) >= 11 is 0. The van der Waals surface area contributed by atoms with Gasteiger partial charge in [0.25, 0.3) is 0 Å². The van der Waals surface area contributed by atoms with Crippen molar-refractivity contribution in [2.45, 2.75) is 19.8 Å². The zero-order valence-electron chi connectivity index (χ0n) is 7.01. The lowest BCUT2D eigenvalue weighted by molar-refractivity contribution is -0.118. The van der Waals surface area contributed by atoms with Gasteiger partial charge >= 0.3 is 0 Å². The van der Waals surface area contributed by atoms with Crippen LogP contribution in [0.5, 0.6) is 0 Å². The zero-order chi connectivity index (χ0) is 8.97. The Hall–Kier alpha value is -1.18. The summed E-state index contributed by atoms with van der Waals surface area (Å²) < 4.78 is 12.9. The van der Waals surface area contributed by atoms with Gasteiger partial charge in [-0.05, 0) is 11.6 Å².